The highest BCUT2D eigenvalue weighted by atomic mass is 35.5. The molecule has 1 fully saturated rings. The number of carbonyl (C=O) groups is 1. The Kier molecular flexibility index (Phi) is 5.60. The lowest BCUT2D eigenvalue weighted by atomic mass is 10.1. The molecule has 9 heteroatoms. The van der Waals surface area contributed by atoms with Gasteiger partial charge in [0.25, 0.3) is 0 Å². The number of halogens is 1. The van der Waals surface area contributed by atoms with Crippen LogP contribution in [-0.4, -0.2) is 34.7 Å². The average molecular weight is 407 g/mol. The summed E-state index contributed by atoms with van der Waals surface area (Å²) in [5.41, 5.74) is 0.227. The molecular weight excluding hydrogens is 384 g/mol. The summed E-state index contributed by atoms with van der Waals surface area (Å²) >= 11 is 6.05. The molecule has 1 unspecified atom stereocenters. The number of ether oxygens (including phenoxy) is 1. The van der Waals surface area contributed by atoms with E-state index in [0.29, 0.717) is 41.5 Å². The molecule has 2 atom stereocenters. The van der Waals surface area contributed by atoms with E-state index in [1.54, 1.807) is 24.3 Å². The van der Waals surface area contributed by atoms with E-state index in [2.05, 4.69) is 15.6 Å². The fourth-order valence-electron chi connectivity index (χ4n) is 3.09. The molecule has 150 valence electrons. The lowest BCUT2D eigenvalue weighted by Crippen LogP contribution is -2.33. The number of nitrogens with one attached hydrogen (secondary N) is 2. The average Bonchev–Trinajstić information content (AvgIpc) is 3.34. The van der Waals surface area contributed by atoms with Crippen molar-refractivity contribution in [3.63, 3.8) is 0 Å². The predicted molar refractivity (Wildman–Crippen MR) is 108 cm³/mol. The van der Waals surface area contributed by atoms with Crippen LogP contribution >= 0.6 is 11.6 Å². The first-order valence-electron chi connectivity index (χ1n) is 9.09. The number of nitrogens with zero attached hydrogens (tertiary/aromatic N) is 2. The Bertz CT molecular complexity index is 913. The van der Waals surface area contributed by atoms with Crippen molar-refractivity contribution in [2.24, 2.45) is 11.8 Å². The van der Waals surface area contributed by atoms with Gasteiger partial charge in [0.1, 0.15) is 11.3 Å². The van der Waals surface area contributed by atoms with Crippen molar-refractivity contribution < 1.29 is 14.5 Å². The predicted octanol–water partition coefficient (Wildman–Crippen LogP) is 4.37. The highest BCUT2D eigenvalue weighted by molar-refractivity contribution is 6.33. The minimum atomic E-state index is -0.533. The van der Waals surface area contributed by atoms with Crippen molar-refractivity contribution in [3.8, 4) is 0 Å². The first kappa shape index (κ1) is 20.1. The van der Waals surface area contributed by atoms with E-state index in [1.807, 2.05) is 20.8 Å². The largest absolute Gasteiger partial charge is 0.444 e. The van der Waals surface area contributed by atoms with Crippen LogP contribution in [0.15, 0.2) is 24.3 Å². The molecule has 0 saturated heterocycles. The monoisotopic (exact) mass is 406 g/mol. The van der Waals surface area contributed by atoms with Gasteiger partial charge in [-0.1, -0.05) is 29.8 Å². The van der Waals surface area contributed by atoms with E-state index in [-0.39, 0.29) is 10.8 Å². The Morgan fingerprint density at radius 3 is 2.68 bits per heavy atom. The molecule has 1 aliphatic rings. The van der Waals surface area contributed by atoms with Crippen molar-refractivity contribution in [3.05, 3.63) is 39.5 Å². The standard InChI is InChI=1S/C19H23ClN4O4/c1-19(2,3)28-18(25)22-10-12-8-11(12)9-21-15-13-6-4-5-7-14(13)23-17(20)16(15)24(26)27/h4-7,11-12H,8-10H2,1-3H3,(H,21,23)(H,22,25)/t11-,12?/m0/s1. The third-order valence-corrected chi connectivity index (χ3v) is 4.79. The van der Waals surface area contributed by atoms with Crippen LogP contribution in [0, 0.1) is 22.0 Å². The molecule has 0 bridgehead atoms. The number of alkyl carbamates (subject to hydrolysis) is 1. The minimum absolute atomic E-state index is 0.134. The summed E-state index contributed by atoms with van der Waals surface area (Å²) in [6.45, 7) is 6.50. The molecule has 1 heterocycles. The Labute approximate surface area is 167 Å². The lowest BCUT2D eigenvalue weighted by molar-refractivity contribution is -0.384. The van der Waals surface area contributed by atoms with E-state index in [9.17, 15) is 14.9 Å². The van der Waals surface area contributed by atoms with Crippen molar-refractivity contribution in [1.82, 2.24) is 10.3 Å². The number of nitro groups is 1. The summed E-state index contributed by atoms with van der Waals surface area (Å²) in [4.78, 5) is 26.8. The maximum Gasteiger partial charge on any atom is 0.407 e. The molecule has 1 aromatic carbocycles. The normalized spacial score (nSPS) is 18.6. The molecule has 0 aliphatic heterocycles. The summed E-state index contributed by atoms with van der Waals surface area (Å²) in [5, 5.41) is 18.0. The third kappa shape index (κ3) is 4.81. The number of anilines is 1. The summed E-state index contributed by atoms with van der Waals surface area (Å²) < 4.78 is 5.22. The van der Waals surface area contributed by atoms with Crippen LogP contribution in [0.3, 0.4) is 0 Å². The van der Waals surface area contributed by atoms with Gasteiger partial charge in [-0.2, -0.15) is 0 Å². The Balaban J connectivity index is 1.63. The zero-order chi connectivity index (χ0) is 20.5. The van der Waals surface area contributed by atoms with Crippen LogP contribution in [0.1, 0.15) is 27.2 Å². The maximum atomic E-state index is 11.7. The number of para-hydroxylation sites is 1. The Morgan fingerprint density at radius 2 is 2.00 bits per heavy atom. The zero-order valence-electron chi connectivity index (χ0n) is 16.0. The molecule has 1 aromatic heterocycles. The lowest BCUT2D eigenvalue weighted by Gasteiger charge is -2.19. The summed E-state index contributed by atoms with van der Waals surface area (Å²) in [7, 11) is 0. The quantitative estimate of drug-likeness (QED) is 0.419. The fraction of sp³-hybridized carbons (Fsp3) is 0.474. The Hall–Kier alpha value is -2.61. The van der Waals surface area contributed by atoms with Gasteiger partial charge in [-0.15, -0.1) is 0 Å². The second-order valence-corrected chi connectivity index (χ2v) is 8.28. The SMILES string of the molecule is CC(C)(C)OC(=O)NCC1C[C@H]1CNc1c([N+](=O)[O-])c(Cl)nc2ccccc12. The summed E-state index contributed by atoms with van der Waals surface area (Å²) in [5.74, 6) is 0.614. The molecular formula is C19H23ClN4O4. The van der Waals surface area contributed by atoms with Crippen molar-refractivity contribution in [2.75, 3.05) is 18.4 Å². The number of amides is 1. The van der Waals surface area contributed by atoms with Crippen molar-refractivity contribution in [2.45, 2.75) is 32.8 Å². The van der Waals surface area contributed by atoms with Gasteiger partial charge < -0.3 is 15.4 Å². The van der Waals surface area contributed by atoms with E-state index >= 15 is 0 Å². The number of benzene rings is 1. The number of rotatable bonds is 6. The van der Waals surface area contributed by atoms with Gasteiger partial charge in [0.05, 0.1) is 10.4 Å². The van der Waals surface area contributed by atoms with E-state index in [4.69, 9.17) is 16.3 Å². The van der Waals surface area contributed by atoms with Crippen LogP contribution in [0.4, 0.5) is 16.2 Å². The third-order valence-electron chi connectivity index (χ3n) is 4.52. The van der Waals surface area contributed by atoms with Gasteiger partial charge in [-0.05, 0) is 45.1 Å². The van der Waals surface area contributed by atoms with Gasteiger partial charge in [0.2, 0.25) is 5.15 Å². The number of carbonyl (C=O) groups excluding carboxylic acids is 1. The molecule has 28 heavy (non-hydrogen) atoms. The van der Waals surface area contributed by atoms with Crippen molar-refractivity contribution in [1.29, 1.82) is 0 Å². The molecule has 3 rings (SSSR count). The minimum Gasteiger partial charge on any atom is -0.444 e. The molecule has 1 amide bonds. The molecule has 0 radical (unpaired) electrons. The van der Waals surface area contributed by atoms with Crippen LogP contribution in [-0.2, 0) is 4.74 Å². The molecule has 0 spiro atoms. The molecule has 2 aromatic rings. The fourth-order valence-corrected chi connectivity index (χ4v) is 3.34. The van der Waals surface area contributed by atoms with Gasteiger partial charge >= 0.3 is 11.8 Å². The summed E-state index contributed by atoms with van der Waals surface area (Å²) in [6, 6.07) is 7.15. The Morgan fingerprint density at radius 1 is 1.32 bits per heavy atom. The number of aromatic nitrogens is 1. The molecule has 1 aliphatic carbocycles. The van der Waals surface area contributed by atoms with Gasteiger partial charge in [-0.25, -0.2) is 9.78 Å². The van der Waals surface area contributed by atoms with E-state index < -0.39 is 16.6 Å². The van der Waals surface area contributed by atoms with E-state index in [0.717, 1.165) is 6.42 Å². The first-order valence-corrected chi connectivity index (χ1v) is 9.47. The summed E-state index contributed by atoms with van der Waals surface area (Å²) in [6.07, 6.45) is 0.488. The van der Waals surface area contributed by atoms with Gasteiger partial charge in [-0.3, -0.25) is 10.1 Å². The van der Waals surface area contributed by atoms with Crippen LogP contribution < -0.4 is 10.6 Å². The molecule has 8 nitrogen and oxygen atoms in total. The maximum absolute atomic E-state index is 11.7. The number of pyridine rings is 1. The second-order valence-electron chi connectivity index (χ2n) is 7.92. The highest BCUT2D eigenvalue weighted by Gasteiger charge is 2.37. The van der Waals surface area contributed by atoms with Crippen LogP contribution in [0.5, 0.6) is 0 Å². The topological polar surface area (TPSA) is 106 Å². The van der Waals surface area contributed by atoms with Gasteiger partial charge in [0, 0.05) is 18.5 Å². The number of hydrogen-bond acceptors (Lipinski definition) is 6. The molecule has 1 saturated carbocycles. The van der Waals surface area contributed by atoms with E-state index in [1.165, 1.54) is 0 Å². The van der Waals surface area contributed by atoms with Crippen molar-refractivity contribution >= 4 is 40.0 Å². The highest BCUT2D eigenvalue weighted by Crippen LogP contribution is 2.41. The molecule has 2 N–H and O–H groups in total. The number of hydrogen-bond donors (Lipinski definition) is 2. The number of fused-ring (bicyclic) bond motifs is 1. The zero-order valence-corrected chi connectivity index (χ0v) is 16.7. The first-order chi connectivity index (χ1) is 13.2. The smallest absolute Gasteiger partial charge is 0.407 e. The van der Waals surface area contributed by atoms with Crippen LogP contribution in [0.2, 0.25) is 5.15 Å². The second kappa shape index (κ2) is 7.79. The van der Waals surface area contributed by atoms with Crippen LogP contribution in [0.25, 0.3) is 10.9 Å². The van der Waals surface area contributed by atoms with Gasteiger partial charge in [0.15, 0.2) is 0 Å².